The van der Waals surface area contributed by atoms with E-state index in [1.165, 1.54) is 0 Å². The molecule has 1 aliphatic heterocycles. The quantitative estimate of drug-likeness (QED) is 0.159. The summed E-state index contributed by atoms with van der Waals surface area (Å²) in [7, 11) is 0. The van der Waals surface area contributed by atoms with Crippen LogP contribution < -0.4 is 4.74 Å². The summed E-state index contributed by atoms with van der Waals surface area (Å²) >= 11 is 0. The van der Waals surface area contributed by atoms with E-state index in [0.717, 1.165) is 11.1 Å². The normalized spacial score (nSPS) is 20.5. The lowest BCUT2D eigenvalue weighted by Gasteiger charge is -2.45. The molecule has 57 heavy (non-hydrogen) atoms. The molecule has 3 aromatic rings. The number of benzene rings is 2. The van der Waals surface area contributed by atoms with E-state index in [0.29, 0.717) is 23.7 Å². The Hall–Kier alpha value is -4.69. The summed E-state index contributed by atoms with van der Waals surface area (Å²) < 4.78 is 38.8. The molecule has 2 heterocycles. The van der Waals surface area contributed by atoms with Gasteiger partial charge in [0.05, 0.1) is 45.7 Å². The van der Waals surface area contributed by atoms with Crippen LogP contribution >= 0.6 is 0 Å². The van der Waals surface area contributed by atoms with Gasteiger partial charge in [0.1, 0.15) is 18.5 Å². The molecule has 0 amide bonds. The number of carbonyl (C=O) groups excluding carboxylic acids is 4. The molecule has 2 N–H and O–H groups in total. The zero-order valence-electron chi connectivity index (χ0n) is 35.3. The van der Waals surface area contributed by atoms with E-state index in [2.05, 4.69) is 0 Å². The molecule has 1 aliphatic rings. The fraction of sp³-hybridized carbons (Fsp3) is 0.605. The van der Waals surface area contributed by atoms with Gasteiger partial charge in [-0.25, -0.2) is 0 Å². The van der Waals surface area contributed by atoms with Gasteiger partial charge in [-0.1, -0.05) is 24.3 Å². The maximum Gasteiger partial charge on any atom is 0.311 e. The van der Waals surface area contributed by atoms with Crippen molar-refractivity contribution in [3.8, 4) is 11.6 Å². The zero-order chi connectivity index (χ0) is 42.7. The van der Waals surface area contributed by atoms with E-state index in [1.807, 2.05) is 24.3 Å². The number of phenols is 1. The van der Waals surface area contributed by atoms with Gasteiger partial charge in [-0.05, 0) is 125 Å². The van der Waals surface area contributed by atoms with Crippen molar-refractivity contribution in [3.63, 3.8) is 0 Å². The molecule has 0 unspecified atom stereocenters. The van der Waals surface area contributed by atoms with Crippen LogP contribution in [0, 0.1) is 21.7 Å². The number of nitrogens with zero attached hydrogens (tertiary/aromatic N) is 2. The highest BCUT2D eigenvalue weighted by Crippen LogP contribution is 2.37. The third-order valence-electron chi connectivity index (χ3n) is 9.11. The molecule has 314 valence electrons. The number of esters is 4. The molecule has 2 aromatic carbocycles. The lowest BCUT2D eigenvalue weighted by molar-refractivity contribution is -0.294. The largest absolute Gasteiger partial charge is 0.508 e. The highest BCUT2D eigenvalue weighted by Gasteiger charge is 2.56. The van der Waals surface area contributed by atoms with Crippen LogP contribution in [-0.4, -0.2) is 87.8 Å². The van der Waals surface area contributed by atoms with Crippen LogP contribution in [0.15, 0.2) is 42.5 Å². The van der Waals surface area contributed by atoms with Crippen LogP contribution in [0.25, 0.3) is 10.9 Å². The first-order chi connectivity index (χ1) is 26.3. The summed E-state index contributed by atoms with van der Waals surface area (Å²) in [4.78, 5) is 54.2. The number of hydrogen-bond donors (Lipinski definition) is 2. The summed E-state index contributed by atoms with van der Waals surface area (Å²) in [5.41, 5.74) is -1.68. The number of ether oxygens (including phenoxy) is 6. The van der Waals surface area contributed by atoms with Crippen LogP contribution in [0.4, 0.5) is 0 Å². The van der Waals surface area contributed by atoms with Gasteiger partial charge in [-0.3, -0.25) is 23.9 Å². The molecule has 0 spiro atoms. The van der Waals surface area contributed by atoms with E-state index in [9.17, 15) is 29.4 Å². The molecular weight excluding hydrogens is 736 g/mol. The second-order valence-electron chi connectivity index (χ2n) is 18.6. The van der Waals surface area contributed by atoms with Crippen LogP contribution in [-0.2, 0) is 62.2 Å². The predicted molar refractivity (Wildman–Crippen MR) is 210 cm³/mol. The molecule has 0 saturated carbocycles. The van der Waals surface area contributed by atoms with Crippen molar-refractivity contribution in [2.24, 2.45) is 21.7 Å². The smallest absolute Gasteiger partial charge is 0.311 e. The van der Waals surface area contributed by atoms with Crippen LogP contribution in [0.1, 0.15) is 94.2 Å². The Morgan fingerprint density at radius 3 is 1.81 bits per heavy atom. The Kier molecular flexibility index (Phi) is 13.8. The van der Waals surface area contributed by atoms with Gasteiger partial charge < -0.3 is 38.6 Å². The van der Waals surface area contributed by atoms with Crippen LogP contribution in [0.5, 0.6) is 11.6 Å². The third kappa shape index (κ3) is 11.5. The van der Waals surface area contributed by atoms with Crippen molar-refractivity contribution in [1.82, 2.24) is 9.78 Å². The fourth-order valence-electron chi connectivity index (χ4n) is 5.70. The predicted octanol–water partition coefficient (Wildman–Crippen LogP) is 6.09. The van der Waals surface area contributed by atoms with Gasteiger partial charge in [0.15, 0.2) is 12.2 Å². The Morgan fingerprint density at radius 1 is 0.719 bits per heavy atom. The van der Waals surface area contributed by atoms with Crippen molar-refractivity contribution >= 4 is 34.8 Å². The topological polar surface area (TPSA) is 182 Å². The molecule has 1 aromatic heterocycles. The number of aliphatic hydroxyl groups excluding tert-OH is 1. The van der Waals surface area contributed by atoms with Gasteiger partial charge in [0, 0.05) is 0 Å². The molecule has 0 radical (unpaired) electrons. The Labute approximate surface area is 335 Å². The van der Waals surface area contributed by atoms with Gasteiger partial charge in [-0.2, -0.15) is 0 Å². The number of aromatic nitrogens is 2. The fourth-order valence-corrected chi connectivity index (χ4v) is 5.70. The summed E-state index contributed by atoms with van der Waals surface area (Å²) in [6.07, 6.45) is -6.28. The Morgan fingerprint density at radius 2 is 1.26 bits per heavy atom. The number of aromatic hydroxyl groups is 1. The van der Waals surface area contributed by atoms with Crippen molar-refractivity contribution in [2.45, 2.75) is 133 Å². The van der Waals surface area contributed by atoms with Crippen LogP contribution in [0.3, 0.4) is 0 Å². The Bertz CT molecular complexity index is 1910. The summed E-state index contributed by atoms with van der Waals surface area (Å²) in [6.45, 7) is 19.3. The second-order valence-corrected chi connectivity index (χ2v) is 18.6. The number of aryl methyl sites for hydroxylation is 2. The van der Waals surface area contributed by atoms with Gasteiger partial charge >= 0.3 is 23.9 Å². The standard InChI is InChI=1S/C43H60N2O12/c1-40(2,3)36(48)52-24-29-31(54-37(49)41(4,5)6)32(55-38(50)42(7,8)9)33(56-39(51)43(10,11)12)35(53-29)57-34-30-26(20-19-25-15-13-17-27(47)23-25)16-14-18-28(30)45(44-34)21-22-46/h13-18,23,29,31-33,35,46-47H,19-22,24H2,1-12H3/t29-,31-,32+,33-,35+/m1/s1. The van der Waals surface area contributed by atoms with E-state index in [4.69, 9.17) is 33.5 Å². The first-order valence-corrected chi connectivity index (χ1v) is 19.3. The molecular formula is C43H60N2O12. The van der Waals surface area contributed by atoms with Crippen molar-refractivity contribution < 1.29 is 57.8 Å². The second kappa shape index (κ2) is 17.4. The minimum absolute atomic E-state index is 0.0586. The highest BCUT2D eigenvalue weighted by molar-refractivity contribution is 5.88. The molecule has 14 heteroatoms. The van der Waals surface area contributed by atoms with Crippen molar-refractivity contribution in [1.29, 1.82) is 0 Å². The third-order valence-corrected chi connectivity index (χ3v) is 9.11. The monoisotopic (exact) mass is 796 g/mol. The van der Waals surface area contributed by atoms with E-state index < -0.39 is 82.8 Å². The average molecular weight is 797 g/mol. The lowest BCUT2D eigenvalue weighted by atomic mass is 9.93. The molecule has 1 fully saturated rings. The molecule has 4 rings (SSSR count). The maximum absolute atomic E-state index is 13.7. The van der Waals surface area contributed by atoms with Gasteiger partial charge in [0.2, 0.25) is 18.3 Å². The highest BCUT2D eigenvalue weighted by atomic mass is 16.7. The van der Waals surface area contributed by atoms with Gasteiger partial charge in [-0.15, -0.1) is 5.10 Å². The lowest BCUT2D eigenvalue weighted by Crippen LogP contribution is -2.65. The summed E-state index contributed by atoms with van der Waals surface area (Å²) in [6, 6.07) is 12.6. The number of fused-ring (bicyclic) bond motifs is 1. The van der Waals surface area contributed by atoms with Crippen LogP contribution in [0.2, 0.25) is 0 Å². The zero-order valence-corrected chi connectivity index (χ0v) is 35.3. The summed E-state index contributed by atoms with van der Waals surface area (Å²) in [5.74, 6) is -2.43. The molecule has 1 saturated heterocycles. The number of rotatable bonds is 12. The minimum atomic E-state index is -1.56. The molecule has 5 atom stereocenters. The van der Waals surface area contributed by atoms with Crippen molar-refractivity contribution in [2.75, 3.05) is 13.2 Å². The molecule has 0 aliphatic carbocycles. The number of hydrogen-bond acceptors (Lipinski definition) is 13. The Balaban J connectivity index is 1.91. The SMILES string of the molecule is CC(C)(C)C(=O)OC[C@H]1O[C@@H](Oc2nn(CCO)c3cccc(CCc4cccc(O)c4)c23)[C@H](OC(=O)C(C)(C)C)[C@@H](OC(=O)C(C)(C)C)[C@@H]1OC(=O)C(C)(C)C. The van der Waals surface area contributed by atoms with Crippen molar-refractivity contribution in [3.05, 3.63) is 53.6 Å². The average Bonchev–Trinajstić information content (AvgIpc) is 3.44. The van der Waals surface area contributed by atoms with Gasteiger partial charge in [0.25, 0.3) is 0 Å². The number of carbonyl (C=O) groups is 4. The maximum atomic E-state index is 13.7. The first-order valence-electron chi connectivity index (χ1n) is 19.3. The van der Waals surface area contributed by atoms with E-state index >= 15 is 0 Å². The molecule has 14 nitrogen and oxygen atoms in total. The molecule has 0 bridgehead atoms. The minimum Gasteiger partial charge on any atom is -0.508 e. The van der Waals surface area contributed by atoms with E-state index in [1.54, 1.807) is 106 Å². The first kappa shape index (κ1) is 45.0. The number of phenolic OH excluding ortho intramolecular Hbond substituents is 1. The summed E-state index contributed by atoms with van der Waals surface area (Å²) in [5, 5.41) is 25.3. The van der Waals surface area contributed by atoms with E-state index in [-0.39, 0.29) is 24.8 Å². The number of aliphatic hydroxyl groups is 1.